The van der Waals surface area contributed by atoms with Crippen LogP contribution in [-0.2, 0) is 21.2 Å². The number of halogens is 2. The van der Waals surface area contributed by atoms with Crippen molar-refractivity contribution in [3.8, 4) is 5.75 Å². The van der Waals surface area contributed by atoms with Crippen LogP contribution in [0.15, 0.2) is 41.3 Å². The first-order valence-electron chi connectivity index (χ1n) is 7.76. The third kappa shape index (κ3) is 6.02. The lowest BCUT2D eigenvalue weighted by Gasteiger charge is -2.14. The Kier molecular flexibility index (Phi) is 7.41. The van der Waals surface area contributed by atoms with Gasteiger partial charge in [0.1, 0.15) is 10.6 Å². The number of benzene rings is 2. The van der Waals surface area contributed by atoms with E-state index in [9.17, 15) is 18.3 Å². The zero-order valence-corrected chi connectivity index (χ0v) is 17.1. The molecule has 0 radical (unpaired) electrons. The summed E-state index contributed by atoms with van der Waals surface area (Å²) in [5.74, 6) is -1.37. The quantitative estimate of drug-likeness (QED) is 0.460. The summed E-state index contributed by atoms with van der Waals surface area (Å²) in [5.41, 5.74) is 1.63. The summed E-state index contributed by atoms with van der Waals surface area (Å²) >= 11 is 16.0. The number of nitrogens with one attached hydrogen (secondary N) is 1. The molecule has 0 saturated heterocycles. The number of aromatic hydroxyl groups is 1. The number of hydrogen-bond donors (Lipinski definition) is 4. The summed E-state index contributed by atoms with van der Waals surface area (Å²) in [6.07, 6.45) is 0.451. The number of aryl methyl sites for hydroxylation is 1. The van der Waals surface area contributed by atoms with Crippen molar-refractivity contribution in [2.75, 3.05) is 6.54 Å². The van der Waals surface area contributed by atoms with Crippen molar-refractivity contribution in [2.24, 2.45) is 0 Å². The van der Waals surface area contributed by atoms with Crippen molar-refractivity contribution in [1.29, 1.82) is 0 Å². The highest BCUT2D eigenvalue weighted by Gasteiger charge is 2.21. The van der Waals surface area contributed by atoms with Gasteiger partial charge in [-0.25, -0.2) is 13.1 Å². The molecule has 0 aliphatic heterocycles. The number of hydrogen-bond acceptors (Lipinski definition) is 5. The maximum Gasteiger partial charge on any atom is 0.303 e. The molecule has 0 aliphatic carbocycles. The van der Waals surface area contributed by atoms with Crippen LogP contribution >= 0.6 is 35.8 Å². The van der Waals surface area contributed by atoms with Gasteiger partial charge in [0.25, 0.3) is 0 Å². The van der Waals surface area contributed by atoms with Gasteiger partial charge < -0.3 is 10.2 Å². The summed E-state index contributed by atoms with van der Waals surface area (Å²) in [7, 11) is -4.02. The van der Waals surface area contributed by atoms with E-state index in [0.29, 0.717) is 6.42 Å². The minimum atomic E-state index is -4.02. The normalized spacial score (nSPS) is 12.7. The van der Waals surface area contributed by atoms with Crippen LogP contribution in [0.25, 0.3) is 0 Å². The fourth-order valence-electron chi connectivity index (χ4n) is 2.28. The highest BCUT2D eigenvalue weighted by Crippen LogP contribution is 2.32. The Morgan fingerprint density at radius 1 is 1.15 bits per heavy atom. The lowest BCUT2D eigenvalue weighted by Crippen LogP contribution is -2.27. The van der Waals surface area contributed by atoms with E-state index in [1.54, 1.807) is 24.3 Å². The molecular weight excluding hydrogens is 433 g/mol. The average molecular weight is 450 g/mol. The molecule has 6 nitrogen and oxygen atoms in total. The molecule has 0 bridgehead atoms. The molecule has 0 heterocycles. The summed E-state index contributed by atoms with van der Waals surface area (Å²) in [5, 5.41) is 18.1. The predicted molar refractivity (Wildman–Crippen MR) is 107 cm³/mol. The van der Waals surface area contributed by atoms with E-state index in [1.165, 1.54) is 0 Å². The van der Waals surface area contributed by atoms with E-state index in [1.807, 2.05) is 0 Å². The Morgan fingerprint density at radius 2 is 1.74 bits per heavy atom. The highest BCUT2D eigenvalue weighted by molar-refractivity contribution is 7.89. The van der Waals surface area contributed by atoms with Crippen LogP contribution in [0.4, 0.5) is 0 Å². The molecule has 0 spiro atoms. The third-order valence-electron chi connectivity index (χ3n) is 3.75. The lowest BCUT2D eigenvalue weighted by molar-refractivity contribution is -0.136. The van der Waals surface area contributed by atoms with E-state index in [0.717, 1.165) is 23.3 Å². The Bertz CT molecular complexity index is 933. The number of sulfonamides is 1. The minimum Gasteiger partial charge on any atom is -0.506 e. The van der Waals surface area contributed by atoms with Crippen LogP contribution in [0.2, 0.25) is 10.0 Å². The summed E-state index contributed by atoms with van der Waals surface area (Å²) in [6.45, 7) is -0.0282. The Labute approximate surface area is 172 Å². The molecule has 1 unspecified atom stereocenters. The second-order valence-electron chi connectivity index (χ2n) is 5.74. The van der Waals surface area contributed by atoms with Crippen LogP contribution in [0.3, 0.4) is 0 Å². The summed E-state index contributed by atoms with van der Waals surface area (Å²) < 4.78 is 27.2. The van der Waals surface area contributed by atoms with Gasteiger partial charge in [0.2, 0.25) is 10.0 Å². The summed E-state index contributed by atoms with van der Waals surface area (Å²) in [4.78, 5) is 10.2. The fraction of sp³-hybridized carbons (Fsp3) is 0.235. The summed E-state index contributed by atoms with van der Waals surface area (Å²) in [6, 6.07) is 9.22. The van der Waals surface area contributed by atoms with Gasteiger partial charge in [0.05, 0.1) is 10.0 Å². The molecule has 27 heavy (non-hydrogen) atoms. The van der Waals surface area contributed by atoms with Crippen LogP contribution < -0.4 is 4.72 Å². The van der Waals surface area contributed by atoms with Gasteiger partial charge in [0, 0.05) is 24.3 Å². The van der Waals surface area contributed by atoms with Crippen molar-refractivity contribution < 1.29 is 23.4 Å². The SMILES string of the molecule is O=C(O)CCc1ccc(C(S)CNS(=O)(=O)c2cc(Cl)c(Cl)cc2O)cc1. The largest absolute Gasteiger partial charge is 0.506 e. The van der Waals surface area contributed by atoms with Crippen molar-refractivity contribution in [1.82, 2.24) is 4.72 Å². The Morgan fingerprint density at radius 3 is 2.33 bits per heavy atom. The molecule has 0 aromatic heterocycles. The number of aliphatic carboxylic acids is 1. The molecule has 0 aliphatic rings. The van der Waals surface area contributed by atoms with Crippen molar-refractivity contribution in [3.63, 3.8) is 0 Å². The second kappa shape index (κ2) is 9.16. The van der Waals surface area contributed by atoms with Crippen LogP contribution in [0.5, 0.6) is 5.75 Å². The van der Waals surface area contributed by atoms with Gasteiger partial charge in [0.15, 0.2) is 0 Å². The van der Waals surface area contributed by atoms with Crippen LogP contribution in [0, 0.1) is 0 Å². The van der Waals surface area contributed by atoms with Gasteiger partial charge in [-0.2, -0.15) is 12.6 Å². The van der Waals surface area contributed by atoms with Gasteiger partial charge in [-0.3, -0.25) is 4.79 Å². The van der Waals surface area contributed by atoms with E-state index < -0.39 is 27.0 Å². The number of carbonyl (C=O) groups is 1. The standard InChI is InChI=1S/C17H17Cl2NO5S2/c18-12-7-14(21)16(8-13(12)19)27(24,25)20-9-15(26)11-4-1-10(2-5-11)3-6-17(22)23/h1-2,4-5,7-8,15,20-21,26H,3,6,9H2,(H,22,23). The molecule has 3 N–H and O–H groups in total. The monoisotopic (exact) mass is 449 g/mol. The van der Waals surface area contributed by atoms with Crippen molar-refractivity contribution in [2.45, 2.75) is 23.0 Å². The third-order valence-corrected chi connectivity index (χ3v) is 6.41. The maximum atomic E-state index is 12.4. The molecule has 0 amide bonds. The van der Waals surface area contributed by atoms with Crippen LogP contribution in [0.1, 0.15) is 22.8 Å². The van der Waals surface area contributed by atoms with Gasteiger partial charge >= 0.3 is 5.97 Å². The molecule has 2 aromatic rings. The van der Waals surface area contributed by atoms with Crippen LogP contribution in [-0.4, -0.2) is 31.1 Å². The minimum absolute atomic E-state index is 0.00853. The van der Waals surface area contributed by atoms with Crippen molar-refractivity contribution in [3.05, 3.63) is 57.6 Å². The molecule has 10 heteroatoms. The predicted octanol–water partition coefficient (Wildman–Crippen LogP) is 3.67. The molecule has 2 aromatic carbocycles. The zero-order valence-electron chi connectivity index (χ0n) is 13.9. The first kappa shape index (κ1) is 21.8. The first-order valence-corrected chi connectivity index (χ1v) is 10.5. The number of carboxylic acids is 1. The molecule has 2 rings (SSSR count). The molecule has 0 saturated carbocycles. The molecule has 1 atom stereocenters. The van der Waals surface area contributed by atoms with E-state index >= 15 is 0 Å². The van der Waals surface area contributed by atoms with Gasteiger partial charge in [-0.05, 0) is 23.6 Å². The van der Waals surface area contributed by atoms with E-state index in [2.05, 4.69) is 17.4 Å². The average Bonchev–Trinajstić information content (AvgIpc) is 2.61. The highest BCUT2D eigenvalue weighted by atomic mass is 35.5. The Hall–Kier alpha value is -1.45. The van der Waals surface area contributed by atoms with E-state index in [-0.39, 0.29) is 27.9 Å². The number of thiol groups is 1. The number of carboxylic acid groups (broad SMARTS) is 1. The number of phenols is 1. The lowest BCUT2D eigenvalue weighted by atomic mass is 10.1. The second-order valence-corrected chi connectivity index (χ2v) is 8.91. The van der Waals surface area contributed by atoms with E-state index in [4.69, 9.17) is 28.3 Å². The number of phenolic OH excluding ortho intramolecular Hbond substituents is 1. The maximum absolute atomic E-state index is 12.4. The zero-order chi connectivity index (χ0) is 20.2. The van der Waals surface area contributed by atoms with Gasteiger partial charge in [-0.1, -0.05) is 47.5 Å². The van der Waals surface area contributed by atoms with Crippen molar-refractivity contribution >= 4 is 51.8 Å². The first-order chi connectivity index (χ1) is 12.6. The Balaban J connectivity index is 2.05. The smallest absolute Gasteiger partial charge is 0.303 e. The number of rotatable bonds is 8. The fourth-order valence-corrected chi connectivity index (χ4v) is 4.20. The topological polar surface area (TPSA) is 104 Å². The molecule has 146 valence electrons. The molecular formula is C17H17Cl2NO5S2. The molecule has 0 fully saturated rings. The van der Waals surface area contributed by atoms with Gasteiger partial charge in [-0.15, -0.1) is 0 Å².